The molecular formula is C33H28BrN3O8. The lowest BCUT2D eigenvalue weighted by atomic mass is 9.79. The third-order valence-electron chi connectivity index (χ3n) is 8.47. The smallest absolute Gasteiger partial charge is 0.300 e. The zero-order valence-electron chi connectivity index (χ0n) is 24.7. The monoisotopic (exact) mass is 673 g/mol. The van der Waals surface area contributed by atoms with Gasteiger partial charge >= 0.3 is 5.91 Å². The van der Waals surface area contributed by atoms with Crippen LogP contribution in [0.1, 0.15) is 30.5 Å². The Kier molecular flexibility index (Phi) is 6.81. The molecule has 1 spiro atoms. The molecule has 12 heteroatoms. The van der Waals surface area contributed by atoms with Gasteiger partial charge in [0.2, 0.25) is 5.91 Å². The molecule has 0 aliphatic carbocycles. The van der Waals surface area contributed by atoms with Gasteiger partial charge in [0.05, 0.1) is 36.8 Å². The Labute approximate surface area is 266 Å². The molecule has 1 atom stereocenters. The van der Waals surface area contributed by atoms with Gasteiger partial charge in [-0.15, -0.1) is 0 Å². The van der Waals surface area contributed by atoms with Crippen molar-refractivity contribution in [3.63, 3.8) is 0 Å². The Morgan fingerprint density at radius 2 is 1.58 bits per heavy atom. The summed E-state index contributed by atoms with van der Waals surface area (Å²) in [6.45, 7) is 3.53. The molecule has 0 aromatic heterocycles. The molecule has 6 rings (SSSR count). The van der Waals surface area contributed by atoms with Crippen LogP contribution in [-0.2, 0) is 25.6 Å². The van der Waals surface area contributed by atoms with Gasteiger partial charge in [0.1, 0.15) is 11.5 Å². The first-order chi connectivity index (χ1) is 21.3. The van der Waals surface area contributed by atoms with Crippen molar-refractivity contribution in [1.82, 2.24) is 4.90 Å². The molecule has 1 unspecified atom stereocenters. The van der Waals surface area contributed by atoms with Crippen LogP contribution in [0.5, 0.6) is 17.2 Å². The van der Waals surface area contributed by atoms with E-state index in [1.54, 1.807) is 38.1 Å². The van der Waals surface area contributed by atoms with Crippen molar-refractivity contribution in [1.29, 1.82) is 0 Å². The van der Waals surface area contributed by atoms with Crippen molar-refractivity contribution in [2.45, 2.75) is 31.3 Å². The van der Waals surface area contributed by atoms with Crippen LogP contribution < -0.4 is 20.1 Å². The van der Waals surface area contributed by atoms with E-state index in [2.05, 4.69) is 15.9 Å². The summed E-state index contributed by atoms with van der Waals surface area (Å²) >= 11 is 3.33. The molecule has 0 saturated carbocycles. The van der Waals surface area contributed by atoms with E-state index in [1.807, 2.05) is 0 Å². The summed E-state index contributed by atoms with van der Waals surface area (Å²) in [5.74, 6) is -4.91. The average molecular weight is 675 g/mol. The minimum Gasteiger partial charge on any atom is -0.507 e. The quantitative estimate of drug-likeness (QED) is 0.209. The predicted octanol–water partition coefficient (Wildman–Crippen LogP) is 3.87. The molecule has 3 aromatic rings. The zero-order chi connectivity index (χ0) is 32.6. The van der Waals surface area contributed by atoms with Gasteiger partial charge < -0.3 is 30.3 Å². The molecule has 4 N–H and O–H groups in total. The lowest BCUT2D eigenvalue weighted by Crippen LogP contribution is -2.60. The van der Waals surface area contributed by atoms with E-state index in [4.69, 9.17) is 15.2 Å². The number of nitrogens with two attached hydrogens (primary N) is 1. The lowest BCUT2D eigenvalue weighted by Gasteiger charge is -2.44. The maximum Gasteiger partial charge on any atom is 0.300 e. The predicted molar refractivity (Wildman–Crippen MR) is 167 cm³/mol. The van der Waals surface area contributed by atoms with Gasteiger partial charge in [-0.2, -0.15) is 0 Å². The van der Waals surface area contributed by atoms with E-state index in [9.17, 15) is 24.6 Å². The largest absolute Gasteiger partial charge is 0.507 e. The standard InChI is InChI=1S/C33H28BrN3O8/c1-32(2)15-17-13-22(44-3)23(45-4)14-19(17)26-24(29(35)41)33(31(43)37(26)32)25(27(39)16-9-11-18(34)12-10-16)28(40)30(42)36(33)20-7-5-6-8-21(20)38/h5-14,38-39H,15H2,1-4H3,(H2,35,41)/b27-25-. The highest BCUT2D eigenvalue weighted by molar-refractivity contribution is 9.10. The number of aliphatic hydroxyl groups excluding tert-OH is 1. The number of carbonyl (C=O) groups excluding carboxylic acids is 4. The number of methoxy groups -OCH3 is 2. The second-order valence-corrected chi connectivity index (χ2v) is 12.4. The van der Waals surface area contributed by atoms with Gasteiger partial charge in [0.25, 0.3) is 11.7 Å². The molecule has 3 aliphatic heterocycles. The number of nitrogens with zero attached hydrogens (tertiary/aromatic N) is 2. The highest BCUT2D eigenvalue weighted by Gasteiger charge is 2.72. The van der Waals surface area contributed by atoms with Crippen molar-refractivity contribution in [2.75, 3.05) is 19.1 Å². The van der Waals surface area contributed by atoms with Gasteiger partial charge in [-0.25, -0.2) is 0 Å². The van der Waals surface area contributed by atoms with Crippen LogP contribution in [0.15, 0.2) is 76.3 Å². The van der Waals surface area contributed by atoms with E-state index in [0.29, 0.717) is 27.1 Å². The molecule has 0 radical (unpaired) electrons. The Bertz CT molecular complexity index is 1910. The molecule has 1 saturated heterocycles. The number of aromatic hydroxyl groups is 1. The molecule has 3 aromatic carbocycles. The summed E-state index contributed by atoms with van der Waals surface area (Å²) in [7, 11) is 2.92. The number of carbonyl (C=O) groups is 4. The van der Waals surface area contributed by atoms with E-state index >= 15 is 4.79 Å². The molecule has 1 fully saturated rings. The Balaban J connectivity index is 1.82. The molecule has 45 heavy (non-hydrogen) atoms. The first kappa shape index (κ1) is 29.9. The third kappa shape index (κ3) is 4.01. The molecular weight excluding hydrogens is 646 g/mol. The molecule has 0 bridgehead atoms. The van der Waals surface area contributed by atoms with Crippen molar-refractivity contribution in [2.24, 2.45) is 5.73 Å². The SMILES string of the molecule is COc1cc2c(cc1OC)C1=C(C(N)=O)C3(C(=O)N1C(C)(C)C2)/C(=C(\O)c1ccc(Br)cc1)C(=O)C(=O)N3c1ccccc1O. The third-order valence-corrected chi connectivity index (χ3v) is 9.00. The number of amides is 3. The molecule has 11 nitrogen and oxygen atoms in total. The first-order valence-electron chi connectivity index (χ1n) is 13.8. The number of fused-ring (bicyclic) bond motifs is 3. The highest BCUT2D eigenvalue weighted by Crippen LogP contribution is 2.58. The number of primary amides is 1. The number of halogens is 1. The normalized spacial score (nSPS) is 21.3. The van der Waals surface area contributed by atoms with Gasteiger partial charge in [-0.3, -0.25) is 24.1 Å². The molecule has 3 aliphatic rings. The highest BCUT2D eigenvalue weighted by atomic mass is 79.9. The fraction of sp³-hybridized carbons (Fsp3) is 0.212. The number of para-hydroxylation sites is 2. The second kappa shape index (κ2) is 10.2. The van der Waals surface area contributed by atoms with Crippen LogP contribution in [0.4, 0.5) is 5.69 Å². The van der Waals surface area contributed by atoms with Gasteiger partial charge in [0.15, 0.2) is 17.0 Å². The second-order valence-electron chi connectivity index (χ2n) is 11.5. The van der Waals surface area contributed by atoms with Gasteiger partial charge in [-0.05, 0) is 62.2 Å². The number of ether oxygens (including phenoxy) is 2. The maximum atomic E-state index is 15.2. The van der Waals surface area contributed by atoms with Crippen molar-refractivity contribution in [3.05, 3.63) is 93.0 Å². The zero-order valence-corrected chi connectivity index (χ0v) is 26.3. The van der Waals surface area contributed by atoms with E-state index in [-0.39, 0.29) is 23.4 Å². The van der Waals surface area contributed by atoms with E-state index < -0.39 is 57.2 Å². The Morgan fingerprint density at radius 3 is 2.18 bits per heavy atom. The van der Waals surface area contributed by atoms with E-state index in [0.717, 1.165) is 4.90 Å². The number of hydrogen-bond acceptors (Lipinski definition) is 8. The summed E-state index contributed by atoms with van der Waals surface area (Å²) in [4.78, 5) is 59.3. The van der Waals surface area contributed by atoms with Crippen molar-refractivity contribution >= 4 is 56.6 Å². The fourth-order valence-electron chi connectivity index (χ4n) is 6.66. The summed E-state index contributed by atoms with van der Waals surface area (Å²) < 4.78 is 11.7. The average Bonchev–Trinajstić information content (AvgIpc) is 3.40. The van der Waals surface area contributed by atoms with Gasteiger partial charge in [-0.1, -0.05) is 40.2 Å². The number of phenolic OH excluding ortho intramolecular Hbond substituents is 1. The Morgan fingerprint density at radius 1 is 0.956 bits per heavy atom. The number of rotatable bonds is 5. The van der Waals surface area contributed by atoms with Crippen LogP contribution >= 0.6 is 15.9 Å². The first-order valence-corrected chi connectivity index (χ1v) is 14.6. The number of anilines is 1. The van der Waals surface area contributed by atoms with Crippen molar-refractivity contribution in [3.8, 4) is 17.2 Å². The number of ketones is 1. The summed E-state index contributed by atoms with van der Waals surface area (Å²) in [6.07, 6.45) is 0.274. The number of aliphatic hydroxyl groups is 1. The minimum absolute atomic E-state index is 0.0451. The molecule has 230 valence electrons. The summed E-state index contributed by atoms with van der Waals surface area (Å²) in [5, 5.41) is 22.8. The number of hydrogen-bond donors (Lipinski definition) is 3. The number of Topliss-reactive ketones (excluding diaryl/α,β-unsaturated/α-hetero) is 1. The van der Waals surface area contributed by atoms with Crippen LogP contribution in [0, 0.1) is 0 Å². The topological polar surface area (TPSA) is 160 Å². The molecule has 3 heterocycles. The lowest BCUT2D eigenvalue weighted by molar-refractivity contribution is -0.135. The van der Waals surface area contributed by atoms with Gasteiger partial charge in [0, 0.05) is 21.1 Å². The molecule has 3 amide bonds. The van der Waals surface area contributed by atoms with Crippen molar-refractivity contribution < 1.29 is 38.9 Å². The minimum atomic E-state index is -2.59. The Hall–Kier alpha value is -5.10. The van der Waals surface area contributed by atoms with Crippen LogP contribution in [0.3, 0.4) is 0 Å². The van der Waals surface area contributed by atoms with Crippen LogP contribution in [0.2, 0.25) is 0 Å². The van der Waals surface area contributed by atoms with E-state index in [1.165, 1.54) is 55.5 Å². The van der Waals surface area contributed by atoms with Crippen LogP contribution in [0.25, 0.3) is 11.5 Å². The number of benzene rings is 3. The maximum absolute atomic E-state index is 15.2. The number of phenols is 1. The summed E-state index contributed by atoms with van der Waals surface area (Å²) in [6, 6.07) is 15.1. The summed E-state index contributed by atoms with van der Waals surface area (Å²) in [5.41, 5.74) is 2.41. The van der Waals surface area contributed by atoms with Crippen LogP contribution in [-0.4, -0.2) is 63.9 Å². The fourth-order valence-corrected chi connectivity index (χ4v) is 6.93.